The highest BCUT2D eigenvalue weighted by Gasteiger charge is 2.07. The maximum atomic E-state index is 13.5. The number of benzene rings is 1. The van der Waals surface area contributed by atoms with Crippen LogP contribution < -0.4 is 4.72 Å². The molecule has 0 aliphatic rings. The Bertz CT molecular complexity index is 725. The fraction of sp³-hybridized carbons (Fsp3) is 0.0769. The van der Waals surface area contributed by atoms with E-state index in [1.807, 2.05) is 23.9 Å². The number of fused-ring (bicyclic) bond motifs is 1. The van der Waals surface area contributed by atoms with Crippen LogP contribution in [0.5, 0.6) is 0 Å². The number of nitrogens with zero attached hydrogens (tertiary/aromatic N) is 3. The number of rotatable bonds is 3. The van der Waals surface area contributed by atoms with Gasteiger partial charge in [0.1, 0.15) is 5.82 Å². The SMILES string of the molecule is Cn1ccnc1SNc1cc(F)cc2cccnc12. The van der Waals surface area contributed by atoms with Crippen molar-refractivity contribution in [2.24, 2.45) is 7.05 Å². The van der Waals surface area contributed by atoms with Crippen molar-refractivity contribution in [1.29, 1.82) is 0 Å². The molecule has 0 saturated heterocycles. The fourth-order valence-electron chi connectivity index (χ4n) is 1.78. The highest BCUT2D eigenvalue weighted by atomic mass is 32.2. The molecule has 0 aliphatic carbocycles. The number of halogens is 1. The van der Waals surface area contributed by atoms with Gasteiger partial charge < -0.3 is 9.29 Å². The number of pyridine rings is 1. The lowest BCUT2D eigenvalue weighted by Gasteiger charge is -2.08. The molecular formula is C13H11FN4S. The van der Waals surface area contributed by atoms with Gasteiger partial charge in [0.15, 0.2) is 5.16 Å². The zero-order valence-corrected chi connectivity index (χ0v) is 11.0. The van der Waals surface area contributed by atoms with Gasteiger partial charge in [-0.1, -0.05) is 6.07 Å². The van der Waals surface area contributed by atoms with Gasteiger partial charge in [-0.3, -0.25) is 4.98 Å². The lowest BCUT2D eigenvalue weighted by molar-refractivity contribution is 0.630. The minimum atomic E-state index is -0.288. The maximum Gasteiger partial charge on any atom is 0.188 e. The van der Waals surface area contributed by atoms with Crippen LogP contribution >= 0.6 is 11.9 Å². The van der Waals surface area contributed by atoms with Crippen LogP contribution in [0.1, 0.15) is 0 Å². The van der Waals surface area contributed by atoms with Gasteiger partial charge in [0.25, 0.3) is 0 Å². The van der Waals surface area contributed by atoms with Crippen molar-refractivity contribution in [3.8, 4) is 0 Å². The van der Waals surface area contributed by atoms with Crippen molar-refractivity contribution in [2.75, 3.05) is 4.72 Å². The Kier molecular flexibility index (Phi) is 3.08. The molecule has 19 heavy (non-hydrogen) atoms. The number of aromatic nitrogens is 3. The molecule has 0 radical (unpaired) electrons. The first kappa shape index (κ1) is 12.0. The van der Waals surface area contributed by atoms with Gasteiger partial charge in [-0.15, -0.1) is 0 Å². The monoisotopic (exact) mass is 274 g/mol. The van der Waals surface area contributed by atoms with E-state index in [1.165, 1.54) is 24.1 Å². The van der Waals surface area contributed by atoms with Crippen LogP contribution in [0.15, 0.2) is 48.0 Å². The van der Waals surface area contributed by atoms with E-state index in [4.69, 9.17) is 0 Å². The van der Waals surface area contributed by atoms with Crippen LogP contribution in [0.25, 0.3) is 10.9 Å². The molecule has 4 nitrogen and oxygen atoms in total. The summed E-state index contributed by atoms with van der Waals surface area (Å²) in [6.07, 6.45) is 5.26. The van der Waals surface area contributed by atoms with Crippen LogP contribution in [0.4, 0.5) is 10.1 Å². The maximum absolute atomic E-state index is 13.5. The summed E-state index contributed by atoms with van der Waals surface area (Å²) in [6, 6.07) is 6.53. The molecule has 0 aliphatic heterocycles. The fourth-order valence-corrected chi connectivity index (χ4v) is 2.46. The first-order valence-corrected chi connectivity index (χ1v) is 6.50. The summed E-state index contributed by atoms with van der Waals surface area (Å²) in [5.41, 5.74) is 1.38. The minimum Gasteiger partial charge on any atom is -0.328 e. The number of hydrogen-bond donors (Lipinski definition) is 1. The molecule has 0 fully saturated rings. The molecule has 3 aromatic rings. The Morgan fingerprint density at radius 3 is 2.95 bits per heavy atom. The second kappa shape index (κ2) is 4.89. The summed E-state index contributed by atoms with van der Waals surface area (Å²) >= 11 is 1.33. The molecule has 0 bridgehead atoms. The molecule has 0 atom stereocenters. The molecule has 2 heterocycles. The second-order valence-corrected chi connectivity index (χ2v) is 4.83. The van der Waals surface area contributed by atoms with Crippen molar-refractivity contribution < 1.29 is 4.39 Å². The molecular weight excluding hydrogens is 263 g/mol. The van der Waals surface area contributed by atoms with E-state index in [0.29, 0.717) is 5.69 Å². The molecule has 1 N–H and O–H groups in total. The standard InChI is InChI=1S/C13H11FN4S/c1-18-6-5-16-13(18)19-17-11-8-10(14)7-9-3-2-4-15-12(9)11/h2-8,17H,1H3. The van der Waals surface area contributed by atoms with Gasteiger partial charge in [0, 0.05) is 49.0 Å². The number of imidazole rings is 1. The van der Waals surface area contributed by atoms with Crippen molar-refractivity contribution in [1.82, 2.24) is 14.5 Å². The molecule has 2 aromatic heterocycles. The molecule has 0 unspecified atom stereocenters. The molecule has 96 valence electrons. The van der Waals surface area contributed by atoms with E-state index in [0.717, 1.165) is 16.1 Å². The second-order valence-electron chi connectivity index (χ2n) is 4.05. The van der Waals surface area contributed by atoms with E-state index in [9.17, 15) is 4.39 Å². The van der Waals surface area contributed by atoms with Gasteiger partial charge in [-0.25, -0.2) is 9.37 Å². The molecule has 0 amide bonds. The first-order chi connectivity index (χ1) is 9.24. The molecule has 0 spiro atoms. The third kappa shape index (κ3) is 2.39. The van der Waals surface area contributed by atoms with Crippen molar-refractivity contribution in [2.45, 2.75) is 5.16 Å². The Balaban J connectivity index is 1.94. The van der Waals surface area contributed by atoms with Crippen LogP contribution in [-0.4, -0.2) is 14.5 Å². The van der Waals surface area contributed by atoms with Gasteiger partial charge in [-0.05, 0) is 12.1 Å². The van der Waals surface area contributed by atoms with Crippen molar-refractivity contribution in [3.63, 3.8) is 0 Å². The topological polar surface area (TPSA) is 42.7 Å². The number of anilines is 1. The zero-order chi connectivity index (χ0) is 13.2. The predicted molar refractivity (Wildman–Crippen MR) is 74.4 cm³/mol. The Morgan fingerprint density at radius 2 is 2.16 bits per heavy atom. The third-order valence-corrected chi connectivity index (χ3v) is 3.60. The Hall–Kier alpha value is -2.08. The first-order valence-electron chi connectivity index (χ1n) is 5.68. The van der Waals surface area contributed by atoms with Crippen molar-refractivity contribution >= 4 is 28.5 Å². The van der Waals surface area contributed by atoms with E-state index in [1.54, 1.807) is 18.5 Å². The Morgan fingerprint density at radius 1 is 1.26 bits per heavy atom. The summed E-state index contributed by atoms with van der Waals surface area (Å²) in [5, 5.41) is 1.57. The van der Waals surface area contributed by atoms with E-state index < -0.39 is 0 Å². The normalized spacial score (nSPS) is 10.8. The minimum absolute atomic E-state index is 0.288. The van der Waals surface area contributed by atoms with Gasteiger partial charge in [-0.2, -0.15) is 0 Å². The molecule has 3 rings (SSSR count). The van der Waals surface area contributed by atoms with E-state index in [2.05, 4.69) is 14.7 Å². The summed E-state index contributed by atoms with van der Waals surface area (Å²) in [6.45, 7) is 0. The van der Waals surface area contributed by atoms with Crippen LogP contribution in [-0.2, 0) is 7.05 Å². The summed E-state index contributed by atoms with van der Waals surface area (Å²) in [5.74, 6) is -0.288. The van der Waals surface area contributed by atoms with Crippen LogP contribution in [0.3, 0.4) is 0 Å². The highest BCUT2D eigenvalue weighted by molar-refractivity contribution is 8.00. The lowest BCUT2D eigenvalue weighted by Crippen LogP contribution is -1.96. The largest absolute Gasteiger partial charge is 0.328 e. The van der Waals surface area contributed by atoms with E-state index >= 15 is 0 Å². The number of nitrogens with one attached hydrogen (secondary N) is 1. The number of hydrogen-bond acceptors (Lipinski definition) is 4. The van der Waals surface area contributed by atoms with E-state index in [-0.39, 0.29) is 5.82 Å². The van der Waals surface area contributed by atoms with Gasteiger partial charge in [0.2, 0.25) is 0 Å². The Labute approximate surface area is 113 Å². The predicted octanol–water partition coefficient (Wildman–Crippen LogP) is 3.23. The highest BCUT2D eigenvalue weighted by Crippen LogP contribution is 2.27. The van der Waals surface area contributed by atoms with Crippen LogP contribution in [0, 0.1) is 5.82 Å². The lowest BCUT2D eigenvalue weighted by atomic mass is 10.2. The number of aryl methyl sites for hydroxylation is 1. The summed E-state index contributed by atoms with van der Waals surface area (Å²) in [4.78, 5) is 8.46. The van der Waals surface area contributed by atoms with Crippen LogP contribution in [0.2, 0.25) is 0 Å². The average molecular weight is 274 g/mol. The third-order valence-electron chi connectivity index (χ3n) is 2.70. The van der Waals surface area contributed by atoms with Gasteiger partial charge >= 0.3 is 0 Å². The van der Waals surface area contributed by atoms with Gasteiger partial charge in [0.05, 0.1) is 11.2 Å². The summed E-state index contributed by atoms with van der Waals surface area (Å²) < 4.78 is 18.5. The molecule has 0 saturated carbocycles. The smallest absolute Gasteiger partial charge is 0.188 e. The van der Waals surface area contributed by atoms with Crippen molar-refractivity contribution in [3.05, 3.63) is 48.7 Å². The molecule has 1 aromatic carbocycles. The zero-order valence-electron chi connectivity index (χ0n) is 10.2. The summed E-state index contributed by atoms with van der Waals surface area (Å²) in [7, 11) is 1.90. The quantitative estimate of drug-likeness (QED) is 0.745. The average Bonchev–Trinajstić information content (AvgIpc) is 2.81. The molecule has 6 heteroatoms.